The Morgan fingerprint density at radius 2 is 2.05 bits per heavy atom. The number of hydrogen-bond acceptors (Lipinski definition) is 2. The van der Waals surface area contributed by atoms with Gasteiger partial charge in [-0.25, -0.2) is 0 Å². The number of benzene rings is 1. The minimum atomic E-state index is 0.462. The van der Waals surface area contributed by atoms with Crippen molar-refractivity contribution < 1.29 is 0 Å². The molecule has 0 aliphatic rings. The molecule has 1 N–H and O–H groups in total. The maximum Gasteiger partial charge on any atom is 0.0548 e. The molecule has 0 fully saturated rings. The molecular weight excluding hydrogens is 354 g/mol. The number of thiophene rings is 1. The average Bonchev–Trinajstić information content (AvgIpc) is 2.92. The van der Waals surface area contributed by atoms with Crippen molar-refractivity contribution in [2.75, 3.05) is 6.54 Å². The van der Waals surface area contributed by atoms with Crippen LogP contribution in [0, 0.1) is 0 Å². The van der Waals surface area contributed by atoms with E-state index in [-0.39, 0.29) is 0 Å². The van der Waals surface area contributed by atoms with Crippen LogP contribution < -0.4 is 5.32 Å². The van der Waals surface area contributed by atoms with Gasteiger partial charge >= 0.3 is 0 Å². The predicted octanol–water partition coefficient (Wildman–Crippen LogP) is 6.28. The van der Waals surface area contributed by atoms with Crippen molar-refractivity contribution in [3.05, 3.63) is 44.7 Å². The fourth-order valence-corrected chi connectivity index (χ4v) is 3.77. The van der Waals surface area contributed by atoms with Crippen molar-refractivity contribution in [2.24, 2.45) is 0 Å². The number of rotatable bonds is 6. The highest BCUT2D eigenvalue weighted by atomic mass is 79.9. The van der Waals surface area contributed by atoms with E-state index < -0.39 is 0 Å². The summed E-state index contributed by atoms with van der Waals surface area (Å²) >= 11 is 11.4. The minimum Gasteiger partial charge on any atom is -0.309 e. The molecule has 0 amide bonds. The Hall–Kier alpha value is -0.350. The van der Waals surface area contributed by atoms with E-state index >= 15 is 0 Å². The molecule has 0 radical (unpaired) electrons. The monoisotopic (exact) mass is 371 g/mol. The number of hydrogen-bond donors (Lipinski definition) is 1. The highest BCUT2D eigenvalue weighted by Gasteiger charge is 2.12. The first-order chi connectivity index (χ1) is 9.65. The normalized spacial score (nSPS) is 12.6. The van der Waals surface area contributed by atoms with Crippen molar-refractivity contribution in [3.63, 3.8) is 0 Å². The Morgan fingerprint density at radius 1 is 1.25 bits per heavy atom. The molecule has 2 rings (SSSR count). The van der Waals surface area contributed by atoms with Gasteiger partial charge in [0, 0.05) is 20.3 Å². The molecular formula is C16H19BrClNS. The zero-order valence-electron chi connectivity index (χ0n) is 11.7. The van der Waals surface area contributed by atoms with E-state index in [1.165, 1.54) is 21.7 Å². The van der Waals surface area contributed by atoms with E-state index in [1.807, 2.05) is 17.4 Å². The molecule has 4 heteroatoms. The molecule has 1 aromatic carbocycles. The van der Waals surface area contributed by atoms with Gasteiger partial charge in [0.2, 0.25) is 0 Å². The molecule has 20 heavy (non-hydrogen) atoms. The van der Waals surface area contributed by atoms with Gasteiger partial charge in [0.15, 0.2) is 0 Å². The van der Waals surface area contributed by atoms with Crippen LogP contribution in [-0.2, 0) is 0 Å². The van der Waals surface area contributed by atoms with Gasteiger partial charge in [0.1, 0.15) is 0 Å². The van der Waals surface area contributed by atoms with Crippen LogP contribution in [0.25, 0.3) is 10.4 Å². The molecule has 0 aliphatic carbocycles. The van der Waals surface area contributed by atoms with E-state index in [0.717, 1.165) is 22.5 Å². The highest BCUT2D eigenvalue weighted by molar-refractivity contribution is 9.10. The van der Waals surface area contributed by atoms with Crippen LogP contribution >= 0.6 is 38.9 Å². The van der Waals surface area contributed by atoms with E-state index in [9.17, 15) is 0 Å². The minimum absolute atomic E-state index is 0.462. The van der Waals surface area contributed by atoms with Crippen LogP contribution in [0.3, 0.4) is 0 Å². The standard InChI is InChI=1S/C16H19BrClNS/c1-3-9-19-14(4-2)16-8-7-15(20-16)11-5-6-13(18)12(17)10-11/h5-8,10,14,19H,3-4,9H2,1-2H3. The van der Waals surface area contributed by atoms with E-state index in [4.69, 9.17) is 11.6 Å². The second kappa shape index (κ2) is 7.60. The van der Waals surface area contributed by atoms with Crippen molar-refractivity contribution >= 4 is 38.9 Å². The molecule has 1 atom stereocenters. The lowest BCUT2D eigenvalue weighted by atomic mass is 10.1. The maximum atomic E-state index is 6.05. The van der Waals surface area contributed by atoms with Gasteiger partial charge in [0.25, 0.3) is 0 Å². The summed E-state index contributed by atoms with van der Waals surface area (Å²) in [6.07, 6.45) is 2.28. The first-order valence-corrected chi connectivity index (χ1v) is 8.93. The average molecular weight is 373 g/mol. The third-order valence-electron chi connectivity index (χ3n) is 3.22. The molecule has 1 unspecified atom stereocenters. The Labute approximate surface area is 138 Å². The van der Waals surface area contributed by atoms with Crippen molar-refractivity contribution in [1.29, 1.82) is 0 Å². The molecule has 108 valence electrons. The third-order valence-corrected chi connectivity index (χ3v) is 5.69. The smallest absolute Gasteiger partial charge is 0.0548 e. The predicted molar refractivity (Wildman–Crippen MR) is 93.8 cm³/mol. The summed E-state index contributed by atoms with van der Waals surface area (Å²) in [5, 5.41) is 4.35. The quantitative estimate of drug-likeness (QED) is 0.629. The molecule has 2 aromatic rings. The molecule has 1 nitrogen and oxygen atoms in total. The van der Waals surface area contributed by atoms with E-state index in [2.05, 4.69) is 59.4 Å². The van der Waals surface area contributed by atoms with Crippen molar-refractivity contribution in [1.82, 2.24) is 5.32 Å². The van der Waals surface area contributed by atoms with Crippen LogP contribution in [0.5, 0.6) is 0 Å². The Bertz CT molecular complexity index is 567. The molecule has 0 aliphatic heterocycles. The SMILES string of the molecule is CCCNC(CC)c1ccc(-c2ccc(Cl)c(Br)c2)s1. The summed E-state index contributed by atoms with van der Waals surface area (Å²) in [4.78, 5) is 2.69. The van der Waals surface area contributed by atoms with Gasteiger partial charge in [-0.05, 0) is 65.1 Å². The molecule has 0 saturated carbocycles. The molecule has 1 heterocycles. The lowest BCUT2D eigenvalue weighted by molar-refractivity contribution is 0.525. The Morgan fingerprint density at radius 3 is 2.70 bits per heavy atom. The molecule has 0 bridgehead atoms. The van der Waals surface area contributed by atoms with Crippen molar-refractivity contribution in [2.45, 2.75) is 32.7 Å². The highest BCUT2D eigenvalue weighted by Crippen LogP contribution is 2.35. The number of nitrogens with one attached hydrogen (secondary N) is 1. The van der Waals surface area contributed by atoms with Gasteiger partial charge in [-0.15, -0.1) is 11.3 Å². The Balaban J connectivity index is 2.20. The summed E-state index contributed by atoms with van der Waals surface area (Å²) in [6.45, 7) is 5.49. The zero-order valence-corrected chi connectivity index (χ0v) is 14.9. The van der Waals surface area contributed by atoms with Crippen LogP contribution in [0.4, 0.5) is 0 Å². The van der Waals surface area contributed by atoms with Crippen LogP contribution in [0.1, 0.15) is 37.6 Å². The summed E-state index contributed by atoms with van der Waals surface area (Å²) in [6, 6.07) is 11.0. The second-order valence-electron chi connectivity index (χ2n) is 4.75. The fraction of sp³-hybridized carbons (Fsp3) is 0.375. The molecule has 1 aromatic heterocycles. The lowest BCUT2D eigenvalue weighted by Gasteiger charge is -2.14. The first-order valence-electron chi connectivity index (χ1n) is 6.94. The second-order valence-corrected chi connectivity index (χ2v) is 7.12. The van der Waals surface area contributed by atoms with Gasteiger partial charge in [-0.1, -0.05) is 31.5 Å². The van der Waals surface area contributed by atoms with Crippen LogP contribution in [0.2, 0.25) is 5.02 Å². The lowest BCUT2D eigenvalue weighted by Crippen LogP contribution is -2.20. The Kier molecular flexibility index (Phi) is 6.09. The molecule has 0 saturated heterocycles. The van der Waals surface area contributed by atoms with Gasteiger partial charge in [-0.2, -0.15) is 0 Å². The third kappa shape index (κ3) is 3.85. The van der Waals surface area contributed by atoms with Crippen molar-refractivity contribution in [3.8, 4) is 10.4 Å². The summed E-state index contributed by atoms with van der Waals surface area (Å²) in [5.41, 5.74) is 1.21. The molecule has 0 spiro atoms. The number of halogens is 2. The topological polar surface area (TPSA) is 12.0 Å². The zero-order chi connectivity index (χ0) is 14.5. The van der Waals surface area contributed by atoms with Gasteiger partial charge in [-0.3, -0.25) is 0 Å². The van der Waals surface area contributed by atoms with Crippen LogP contribution in [0.15, 0.2) is 34.8 Å². The largest absolute Gasteiger partial charge is 0.309 e. The maximum absolute atomic E-state index is 6.05. The first kappa shape index (κ1) is 16.0. The van der Waals surface area contributed by atoms with E-state index in [1.54, 1.807) is 0 Å². The van der Waals surface area contributed by atoms with Crippen LogP contribution in [-0.4, -0.2) is 6.54 Å². The van der Waals surface area contributed by atoms with Gasteiger partial charge in [0.05, 0.1) is 5.02 Å². The summed E-state index contributed by atoms with van der Waals surface area (Å²) in [5.74, 6) is 0. The summed E-state index contributed by atoms with van der Waals surface area (Å²) in [7, 11) is 0. The van der Waals surface area contributed by atoms with Gasteiger partial charge < -0.3 is 5.32 Å². The fourth-order valence-electron chi connectivity index (χ4n) is 2.11. The van der Waals surface area contributed by atoms with E-state index in [0.29, 0.717) is 6.04 Å². The summed E-state index contributed by atoms with van der Waals surface area (Å²) < 4.78 is 0.947.